The molecule has 5 aromatic carbocycles. The quantitative estimate of drug-likeness (QED) is 0.184. The highest BCUT2D eigenvalue weighted by molar-refractivity contribution is 6.10. The molecule has 0 radical (unpaired) electrons. The Labute approximate surface area is 299 Å². The molecule has 0 spiro atoms. The molecule has 0 N–H and O–H groups in total. The summed E-state index contributed by atoms with van der Waals surface area (Å²) in [5.74, 6) is 1.86. The lowest BCUT2D eigenvalue weighted by Crippen LogP contribution is -2.11. The molecular weight excluding hydrogens is 623 g/mol. The molecule has 0 atom stereocenters. The minimum Gasteiger partial charge on any atom is -0.309 e. The van der Waals surface area contributed by atoms with Crippen molar-refractivity contribution in [3.8, 4) is 51.0 Å². The maximum absolute atomic E-state index is 5.17. The molecule has 0 aliphatic heterocycles. The second-order valence-electron chi connectivity index (χ2n) is 15.3. The molecule has 3 aromatic heterocycles. The van der Waals surface area contributed by atoms with E-state index < -0.39 is 0 Å². The van der Waals surface area contributed by atoms with Crippen LogP contribution in [0, 0.1) is 0 Å². The molecule has 8 rings (SSSR count). The smallest absolute Gasteiger partial charge is 0.164 e. The van der Waals surface area contributed by atoms with Crippen LogP contribution in [0.1, 0.15) is 52.7 Å². The number of benzene rings is 5. The van der Waals surface area contributed by atoms with Crippen LogP contribution in [0.4, 0.5) is 0 Å². The van der Waals surface area contributed by atoms with E-state index in [2.05, 4.69) is 112 Å². The van der Waals surface area contributed by atoms with Crippen LogP contribution in [0.25, 0.3) is 72.8 Å². The molecule has 0 fully saturated rings. The van der Waals surface area contributed by atoms with Crippen molar-refractivity contribution in [3.05, 3.63) is 151 Å². The van der Waals surface area contributed by atoms with Crippen LogP contribution in [-0.4, -0.2) is 24.5 Å². The first-order valence-electron chi connectivity index (χ1n) is 17.6. The molecule has 0 saturated heterocycles. The van der Waals surface area contributed by atoms with E-state index >= 15 is 0 Å². The van der Waals surface area contributed by atoms with E-state index in [0.717, 1.165) is 33.5 Å². The zero-order valence-electron chi connectivity index (χ0n) is 30.0. The molecule has 0 saturated carbocycles. The number of fused-ring (bicyclic) bond motifs is 3. The second kappa shape index (κ2) is 12.4. The van der Waals surface area contributed by atoms with Gasteiger partial charge in [-0.3, -0.25) is 4.98 Å². The number of pyridine rings is 1. The number of nitrogens with zero attached hydrogens (tertiary/aromatic N) is 5. The van der Waals surface area contributed by atoms with Crippen LogP contribution in [0.15, 0.2) is 140 Å². The minimum absolute atomic E-state index is 0.00602. The van der Waals surface area contributed by atoms with Crippen LogP contribution in [0.2, 0.25) is 0 Å². The molecule has 3 heterocycles. The van der Waals surface area contributed by atoms with E-state index in [-0.39, 0.29) is 10.8 Å². The van der Waals surface area contributed by atoms with Crippen LogP contribution >= 0.6 is 0 Å². The largest absolute Gasteiger partial charge is 0.309 e. The van der Waals surface area contributed by atoms with E-state index in [1.54, 1.807) is 6.20 Å². The molecule has 0 amide bonds. The SMILES string of the molecule is CC(C)(C)c1ccc2c3ccc(C(C)(C)C)cc3n(-c3ccc(-c4cccnc4)c(-c4nc(-c5ccccc5)nc(-c5ccccc5)n4)c3)c2c1. The van der Waals surface area contributed by atoms with Crippen molar-refractivity contribution in [3.63, 3.8) is 0 Å². The third-order valence-corrected chi connectivity index (χ3v) is 9.67. The summed E-state index contributed by atoms with van der Waals surface area (Å²) in [6.07, 6.45) is 3.71. The first kappa shape index (κ1) is 32.3. The van der Waals surface area contributed by atoms with Crippen molar-refractivity contribution in [2.75, 3.05) is 0 Å². The maximum Gasteiger partial charge on any atom is 0.164 e. The Morgan fingerprint density at radius 1 is 0.451 bits per heavy atom. The third kappa shape index (κ3) is 6.10. The molecule has 0 aliphatic rings. The lowest BCUT2D eigenvalue weighted by molar-refractivity contribution is 0.591. The topological polar surface area (TPSA) is 56.5 Å². The van der Waals surface area contributed by atoms with E-state index in [0.29, 0.717) is 17.5 Å². The summed E-state index contributed by atoms with van der Waals surface area (Å²) in [6, 6.07) is 44.9. The van der Waals surface area contributed by atoms with Crippen LogP contribution in [0.3, 0.4) is 0 Å². The lowest BCUT2D eigenvalue weighted by Gasteiger charge is -2.20. The van der Waals surface area contributed by atoms with Gasteiger partial charge >= 0.3 is 0 Å². The van der Waals surface area contributed by atoms with E-state index in [4.69, 9.17) is 15.0 Å². The monoisotopic (exact) mass is 663 g/mol. The predicted molar refractivity (Wildman–Crippen MR) is 211 cm³/mol. The summed E-state index contributed by atoms with van der Waals surface area (Å²) < 4.78 is 2.42. The Kier molecular flexibility index (Phi) is 7.87. The van der Waals surface area contributed by atoms with Crippen molar-refractivity contribution in [2.45, 2.75) is 52.4 Å². The van der Waals surface area contributed by atoms with E-state index in [1.807, 2.05) is 72.9 Å². The van der Waals surface area contributed by atoms with Gasteiger partial charge in [-0.05, 0) is 57.9 Å². The zero-order valence-corrected chi connectivity index (χ0v) is 30.0. The predicted octanol–water partition coefficient (Wildman–Crippen LogP) is 11.6. The highest BCUT2D eigenvalue weighted by Crippen LogP contribution is 2.40. The van der Waals surface area contributed by atoms with Gasteiger partial charge in [0.1, 0.15) is 0 Å². The first-order valence-corrected chi connectivity index (χ1v) is 17.6. The fraction of sp³-hybridized carbons (Fsp3) is 0.174. The standard InChI is InChI=1S/C46H41N5/c1-45(2,3)33-19-22-37-38-23-20-34(46(4,5)6)27-41(38)51(40(37)26-33)35-21-24-36(32-18-13-25-47-29-32)39(28-35)44-49-42(30-14-9-7-10-15-30)48-43(50-44)31-16-11-8-12-17-31/h7-29H,1-6H3. The summed E-state index contributed by atoms with van der Waals surface area (Å²) in [5, 5.41) is 2.46. The van der Waals surface area contributed by atoms with Crippen molar-refractivity contribution >= 4 is 21.8 Å². The Morgan fingerprint density at radius 3 is 1.45 bits per heavy atom. The fourth-order valence-corrected chi connectivity index (χ4v) is 6.79. The summed E-state index contributed by atoms with van der Waals surface area (Å²) >= 11 is 0. The molecule has 0 aliphatic carbocycles. The van der Waals surface area contributed by atoms with Gasteiger partial charge in [0.05, 0.1) is 11.0 Å². The molecule has 250 valence electrons. The van der Waals surface area contributed by atoms with Gasteiger partial charge in [0.2, 0.25) is 0 Å². The molecule has 0 bridgehead atoms. The van der Waals surface area contributed by atoms with Gasteiger partial charge in [-0.15, -0.1) is 0 Å². The van der Waals surface area contributed by atoms with Crippen LogP contribution < -0.4 is 0 Å². The van der Waals surface area contributed by atoms with Crippen LogP contribution in [0.5, 0.6) is 0 Å². The fourth-order valence-electron chi connectivity index (χ4n) is 6.79. The molecule has 8 aromatic rings. The summed E-state index contributed by atoms with van der Waals surface area (Å²) in [5.41, 5.74) is 10.7. The maximum atomic E-state index is 5.17. The van der Waals surface area contributed by atoms with Gasteiger partial charge in [-0.1, -0.05) is 139 Å². The minimum atomic E-state index is -0.00602. The van der Waals surface area contributed by atoms with Gasteiger partial charge in [0, 0.05) is 51.1 Å². The molecule has 0 unspecified atom stereocenters. The average molecular weight is 664 g/mol. The van der Waals surface area contributed by atoms with Crippen LogP contribution in [-0.2, 0) is 10.8 Å². The van der Waals surface area contributed by atoms with Gasteiger partial charge in [0.15, 0.2) is 17.5 Å². The van der Waals surface area contributed by atoms with Gasteiger partial charge < -0.3 is 4.57 Å². The Balaban J connectivity index is 1.45. The molecule has 51 heavy (non-hydrogen) atoms. The number of aromatic nitrogens is 5. The normalized spacial score (nSPS) is 12.1. The Morgan fingerprint density at radius 2 is 0.961 bits per heavy atom. The number of rotatable bonds is 5. The highest BCUT2D eigenvalue weighted by atomic mass is 15.0. The van der Waals surface area contributed by atoms with Crippen molar-refractivity contribution in [2.24, 2.45) is 0 Å². The number of hydrogen-bond donors (Lipinski definition) is 0. The molecule has 5 nitrogen and oxygen atoms in total. The first-order chi connectivity index (χ1) is 24.5. The van der Waals surface area contributed by atoms with Crippen molar-refractivity contribution < 1.29 is 0 Å². The second-order valence-corrected chi connectivity index (χ2v) is 15.3. The Hall–Kier alpha value is -5.94. The van der Waals surface area contributed by atoms with Crippen molar-refractivity contribution in [1.29, 1.82) is 0 Å². The summed E-state index contributed by atoms with van der Waals surface area (Å²) in [7, 11) is 0. The zero-order chi connectivity index (χ0) is 35.3. The highest BCUT2D eigenvalue weighted by Gasteiger charge is 2.23. The van der Waals surface area contributed by atoms with Crippen molar-refractivity contribution in [1.82, 2.24) is 24.5 Å². The number of hydrogen-bond acceptors (Lipinski definition) is 4. The third-order valence-electron chi connectivity index (χ3n) is 9.67. The summed E-state index contributed by atoms with van der Waals surface area (Å²) in [4.78, 5) is 19.8. The molecular formula is C46H41N5. The lowest BCUT2D eigenvalue weighted by atomic mass is 9.86. The van der Waals surface area contributed by atoms with Gasteiger partial charge in [-0.25, -0.2) is 15.0 Å². The summed E-state index contributed by atoms with van der Waals surface area (Å²) in [6.45, 7) is 13.6. The van der Waals surface area contributed by atoms with Gasteiger partial charge in [0.25, 0.3) is 0 Å². The van der Waals surface area contributed by atoms with E-state index in [1.165, 1.54) is 32.9 Å². The Bertz CT molecular complexity index is 2390. The van der Waals surface area contributed by atoms with Gasteiger partial charge in [-0.2, -0.15) is 0 Å². The average Bonchev–Trinajstić information content (AvgIpc) is 3.48. The molecule has 5 heteroatoms. The van der Waals surface area contributed by atoms with E-state index in [9.17, 15) is 0 Å².